The molecule has 144 valence electrons. The second kappa shape index (κ2) is 11.9. The zero-order valence-corrected chi connectivity index (χ0v) is 15.1. The summed E-state index contributed by atoms with van der Waals surface area (Å²) in [6.07, 6.45) is 0. The fourth-order valence-corrected chi connectivity index (χ4v) is 2.29. The van der Waals surface area contributed by atoms with Crippen LogP contribution in [-0.4, -0.2) is 47.3 Å². The Balaban J connectivity index is 0.000000260. The molecule has 0 unspecified atom stereocenters. The minimum Gasteiger partial charge on any atom is -0.377 e. The molecule has 8 nitrogen and oxygen atoms in total. The molecule has 8 heteroatoms. The van der Waals surface area contributed by atoms with Crippen molar-refractivity contribution in [3.8, 4) is 0 Å². The summed E-state index contributed by atoms with van der Waals surface area (Å²) in [6.45, 7) is 3.48. The van der Waals surface area contributed by atoms with Crippen LogP contribution in [0, 0.1) is 13.8 Å². The van der Waals surface area contributed by atoms with Gasteiger partial charge in [0.15, 0.2) is 0 Å². The van der Waals surface area contributed by atoms with Crippen LogP contribution in [0.5, 0.6) is 0 Å². The van der Waals surface area contributed by atoms with Gasteiger partial charge in [0.2, 0.25) is 0 Å². The van der Waals surface area contributed by atoms with Gasteiger partial charge >= 0.3 is 0 Å². The van der Waals surface area contributed by atoms with Crippen LogP contribution in [-0.2, 0) is 0 Å². The fourth-order valence-electron chi connectivity index (χ4n) is 2.29. The van der Waals surface area contributed by atoms with Gasteiger partial charge in [0.25, 0.3) is 0 Å². The van der Waals surface area contributed by atoms with Gasteiger partial charge in [0, 0.05) is 22.7 Å². The molecule has 26 heavy (non-hydrogen) atoms. The molecule has 2 aromatic rings. The monoisotopic (exact) mass is 364 g/mol. The molecule has 0 aromatic heterocycles. The molecule has 0 aliphatic rings. The van der Waals surface area contributed by atoms with E-state index in [1.165, 1.54) is 0 Å². The first kappa shape index (κ1) is 21.5. The van der Waals surface area contributed by atoms with Crippen molar-refractivity contribution in [2.75, 3.05) is 48.2 Å². The molecule has 0 aliphatic heterocycles. The average molecular weight is 364 g/mol. The van der Waals surface area contributed by atoms with E-state index < -0.39 is 0 Å². The first-order chi connectivity index (χ1) is 12.6. The molecule has 0 radical (unpaired) electrons. The van der Waals surface area contributed by atoms with Gasteiger partial charge in [0.1, 0.15) is 26.9 Å². The van der Waals surface area contributed by atoms with Crippen molar-refractivity contribution < 1.29 is 20.4 Å². The molecule has 0 atom stereocenters. The Kier molecular flexibility index (Phi) is 9.88. The van der Waals surface area contributed by atoms with Crippen LogP contribution in [0.25, 0.3) is 0 Å². The van der Waals surface area contributed by atoms with Gasteiger partial charge in [-0.15, -0.1) is 0 Å². The zero-order chi connectivity index (χ0) is 19.4. The number of anilines is 4. The van der Waals surface area contributed by atoms with E-state index in [4.69, 9.17) is 20.4 Å². The Labute approximate surface area is 153 Å². The standard InChI is InChI=1S/2C9H14N2O2/c1-7-2-3-8(10-5-12)4-9(7)11-6-13;1-7-8(10-5-12)3-2-4-9(7)11-6-13/h2*2-4,10-13H,5-6H2,1H3. The molecule has 0 aliphatic carbocycles. The topological polar surface area (TPSA) is 129 Å². The summed E-state index contributed by atoms with van der Waals surface area (Å²) in [7, 11) is 0. The van der Waals surface area contributed by atoms with Crippen molar-refractivity contribution in [3.05, 3.63) is 47.5 Å². The summed E-state index contributed by atoms with van der Waals surface area (Å²) in [4.78, 5) is 0. The van der Waals surface area contributed by atoms with Crippen LogP contribution in [0.1, 0.15) is 11.1 Å². The smallest absolute Gasteiger partial charge is 0.113 e. The lowest BCUT2D eigenvalue weighted by Gasteiger charge is -2.11. The molecule has 0 bridgehead atoms. The highest BCUT2D eigenvalue weighted by Gasteiger charge is 2.01. The third kappa shape index (κ3) is 6.77. The van der Waals surface area contributed by atoms with Gasteiger partial charge in [-0.05, 0) is 49.2 Å². The average Bonchev–Trinajstić information content (AvgIpc) is 2.63. The van der Waals surface area contributed by atoms with Gasteiger partial charge in [-0.3, -0.25) is 0 Å². The van der Waals surface area contributed by atoms with E-state index in [0.717, 1.165) is 33.9 Å². The van der Waals surface area contributed by atoms with Crippen molar-refractivity contribution in [1.29, 1.82) is 0 Å². The molecule has 8 N–H and O–H groups in total. The minimum atomic E-state index is -0.0956. The maximum absolute atomic E-state index is 8.68. The Morgan fingerprint density at radius 2 is 1.15 bits per heavy atom. The normalized spacial score (nSPS) is 9.77. The molecular formula is C18H28N4O4. The Bertz CT molecular complexity index is 638. The predicted octanol–water partition coefficient (Wildman–Crippen LogP) is 1.44. The number of aryl methyl sites for hydroxylation is 1. The van der Waals surface area contributed by atoms with Crippen molar-refractivity contribution in [2.45, 2.75) is 13.8 Å². The van der Waals surface area contributed by atoms with Gasteiger partial charge in [-0.25, -0.2) is 0 Å². The molecule has 0 fully saturated rings. The molecule has 0 heterocycles. The molecular weight excluding hydrogens is 336 g/mol. The summed E-state index contributed by atoms with van der Waals surface area (Å²) < 4.78 is 0. The van der Waals surface area contributed by atoms with Crippen LogP contribution in [0.15, 0.2) is 36.4 Å². The van der Waals surface area contributed by atoms with E-state index in [0.29, 0.717) is 0 Å². The van der Waals surface area contributed by atoms with Crippen LogP contribution < -0.4 is 21.3 Å². The van der Waals surface area contributed by atoms with Gasteiger partial charge in [-0.2, -0.15) is 0 Å². The Hall–Kier alpha value is -2.52. The highest BCUT2D eigenvalue weighted by Crippen LogP contribution is 2.22. The minimum absolute atomic E-state index is 0.0938. The van der Waals surface area contributed by atoms with Crippen LogP contribution in [0.3, 0.4) is 0 Å². The maximum Gasteiger partial charge on any atom is 0.113 e. The highest BCUT2D eigenvalue weighted by molar-refractivity contribution is 5.64. The lowest BCUT2D eigenvalue weighted by atomic mass is 10.1. The maximum atomic E-state index is 8.68. The van der Waals surface area contributed by atoms with Crippen molar-refractivity contribution in [1.82, 2.24) is 0 Å². The third-order valence-corrected chi connectivity index (χ3v) is 3.66. The van der Waals surface area contributed by atoms with Crippen LogP contribution in [0.2, 0.25) is 0 Å². The number of hydrogen-bond acceptors (Lipinski definition) is 8. The van der Waals surface area contributed by atoms with Crippen LogP contribution >= 0.6 is 0 Å². The second-order valence-corrected chi connectivity index (χ2v) is 5.35. The van der Waals surface area contributed by atoms with Gasteiger partial charge in [-0.1, -0.05) is 12.1 Å². The summed E-state index contributed by atoms with van der Waals surface area (Å²) in [5.74, 6) is 0. The summed E-state index contributed by atoms with van der Waals surface area (Å²) in [5.41, 5.74) is 5.44. The number of nitrogens with one attached hydrogen (secondary N) is 4. The van der Waals surface area contributed by atoms with E-state index in [2.05, 4.69) is 21.3 Å². The number of hydrogen-bond donors (Lipinski definition) is 8. The lowest BCUT2D eigenvalue weighted by molar-refractivity contribution is 0.324. The number of rotatable bonds is 8. The van der Waals surface area contributed by atoms with E-state index in [9.17, 15) is 0 Å². The Morgan fingerprint density at radius 1 is 0.654 bits per heavy atom. The number of aliphatic hydroxyl groups excluding tert-OH is 4. The summed E-state index contributed by atoms with van der Waals surface area (Å²) in [5, 5.41) is 45.9. The SMILES string of the molecule is Cc1c(NCO)cccc1NCO.Cc1ccc(NCO)cc1NCO. The number of benzene rings is 2. The Morgan fingerprint density at radius 3 is 1.65 bits per heavy atom. The van der Waals surface area contributed by atoms with Crippen LogP contribution in [0.4, 0.5) is 22.7 Å². The largest absolute Gasteiger partial charge is 0.377 e. The van der Waals surface area contributed by atoms with E-state index in [1.807, 2.05) is 50.2 Å². The molecule has 0 saturated heterocycles. The summed E-state index contributed by atoms with van der Waals surface area (Å²) in [6, 6.07) is 11.2. The fraction of sp³-hybridized carbons (Fsp3) is 0.333. The molecule has 2 rings (SSSR count). The van der Waals surface area contributed by atoms with Crippen molar-refractivity contribution in [3.63, 3.8) is 0 Å². The predicted molar refractivity (Wildman–Crippen MR) is 105 cm³/mol. The highest BCUT2D eigenvalue weighted by atomic mass is 16.3. The lowest BCUT2D eigenvalue weighted by Crippen LogP contribution is -2.05. The molecule has 0 saturated carbocycles. The number of aliphatic hydroxyl groups is 4. The second-order valence-electron chi connectivity index (χ2n) is 5.35. The molecule has 2 aromatic carbocycles. The molecule has 0 spiro atoms. The van der Waals surface area contributed by atoms with Crippen molar-refractivity contribution in [2.24, 2.45) is 0 Å². The van der Waals surface area contributed by atoms with Gasteiger partial charge < -0.3 is 41.7 Å². The summed E-state index contributed by atoms with van der Waals surface area (Å²) >= 11 is 0. The van der Waals surface area contributed by atoms with E-state index >= 15 is 0 Å². The van der Waals surface area contributed by atoms with E-state index in [-0.39, 0.29) is 26.9 Å². The van der Waals surface area contributed by atoms with Gasteiger partial charge in [0.05, 0.1) is 0 Å². The van der Waals surface area contributed by atoms with Crippen molar-refractivity contribution >= 4 is 22.7 Å². The first-order valence-corrected chi connectivity index (χ1v) is 8.16. The zero-order valence-electron chi connectivity index (χ0n) is 15.1. The third-order valence-electron chi connectivity index (χ3n) is 3.66. The first-order valence-electron chi connectivity index (χ1n) is 8.16. The van der Waals surface area contributed by atoms with E-state index in [1.54, 1.807) is 0 Å². The quantitative estimate of drug-likeness (QED) is 0.330. The molecule has 0 amide bonds.